The summed E-state index contributed by atoms with van der Waals surface area (Å²) >= 11 is 0. The van der Waals surface area contributed by atoms with Crippen LogP contribution >= 0.6 is 0 Å². The Balaban J connectivity index is 1.52. The first-order valence-electron chi connectivity index (χ1n) is 10.1. The highest BCUT2D eigenvalue weighted by Crippen LogP contribution is 2.33. The van der Waals surface area contributed by atoms with Gasteiger partial charge in [-0.1, -0.05) is 25.1 Å². The van der Waals surface area contributed by atoms with Crippen LogP contribution in [0.1, 0.15) is 40.5 Å². The van der Waals surface area contributed by atoms with Crippen molar-refractivity contribution < 1.29 is 14.3 Å². The maximum Gasteiger partial charge on any atom is 0.253 e. The molecule has 0 radical (unpaired) electrons. The fraction of sp³-hybridized carbons (Fsp3) is 0.391. The summed E-state index contributed by atoms with van der Waals surface area (Å²) in [6, 6.07) is 9.70. The lowest BCUT2D eigenvalue weighted by molar-refractivity contribution is 0.0951. The van der Waals surface area contributed by atoms with Crippen LogP contribution in [0.3, 0.4) is 0 Å². The Labute approximate surface area is 170 Å². The second kappa shape index (κ2) is 8.66. The summed E-state index contributed by atoms with van der Waals surface area (Å²) in [4.78, 5) is 20.8. The van der Waals surface area contributed by atoms with Crippen molar-refractivity contribution in [2.75, 3.05) is 20.3 Å². The summed E-state index contributed by atoms with van der Waals surface area (Å²) in [5, 5.41) is 4.19. The zero-order chi connectivity index (χ0) is 20.2. The van der Waals surface area contributed by atoms with Crippen molar-refractivity contribution in [1.29, 1.82) is 0 Å². The highest BCUT2D eigenvalue weighted by atomic mass is 16.5. The molecule has 1 aliphatic carbocycles. The minimum atomic E-state index is -0.103. The van der Waals surface area contributed by atoms with E-state index in [0.717, 1.165) is 23.9 Å². The second-order valence-corrected chi connectivity index (χ2v) is 7.65. The normalized spacial score (nSPS) is 15.9. The fourth-order valence-corrected chi connectivity index (χ4v) is 3.99. The van der Waals surface area contributed by atoms with E-state index in [1.165, 1.54) is 23.1 Å². The third-order valence-corrected chi connectivity index (χ3v) is 5.53. The SMILES string of the molecule is COCCOc1ncccc1CNC(=O)c1cccc2c3c([nH]c12)CCC(C)C3. The Bertz CT molecular complexity index is 1010. The molecule has 0 aliphatic heterocycles. The molecule has 1 amide bonds. The van der Waals surface area contributed by atoms with Gasteiger partial charge in [-0.15, -0.1) is 0 Å². The number of carbonyl (C=O) groups excluding carboxylic acids is 1. The molecule has 2 heterocycles. The topological polar surface area (TPSA) is 76.2 Å². The van der Waals surface area contributed by atoms with Crippen LogP contribution in [0.4, 0.5) is 0 Å². The van der Waals surface area contributed by atoms with E-state index in [2.05, 4.69) is 28.3 Å². The average molecular weight is 393 g/mol. The summed E-state index contributed by atoms with van der Waals surface area (Å²) < 4.78 is 10.7. The fourth-order valence-electron chi connectivity index (χ4n) is 3.99. The van der Waals surface area contributed by atoms with Gasteiger partial charge in [-0.3, -0.25) is 4.79 Å². The summed E-state index contributed by atoms with van der Waals surface area (Å²) in [5.41, 5.74) is 5.10. The first-order chi connectivity index (χ1) is 14.2. The second-order valence-electron chi connectivity index (χ2n) is 7.65. The van der Waals surface area contributed by atoms with E-state index in [0.29, 0.717) is 37.1 Å². The van der Waals surface area contributed by atoms with Gasteiger partial charge in [0, 0.05) is 36.5 Å². The van der Waals surface area contributed by atoms with Crippen molar-refractivity contribution in [1.82, 2.24) is 15.3 Å². The number of benzene rings is 1. The zero-order valence-corrected chi connectivity index (χ0v) is 17.0. The summed E-state index contributed by atoms with van der Waals surface area (Å²) in [5.74, 6) is 1.10. The van der Waals surface area contributed by atoms with E-state index in [4.69, 9.17) is 9.47 Å². The van der Waals surface area contributed by atoms with Crippen molar-refractivity contribution >= 4 is 16.8 Å². The van der Waals surface area contributed by atoms with E-state index in [1.807, 2.05) is 24.3 Å². The molecule has 0 saturated carbocycles. The molecule has 6 nitrogen and oxygen atoms in total. The minimum absolute atomic E-state index is 0.103. The third-order valence-electron chi connectivity index (χ3n) is 5.53. The summed E-state index contributed by atoms with van der Waals surface area (Å²) in [6.07, 6.45) is 4.98. The number of hydrogen-bond acceptors (Lipinski definition) is 4. The number of aromatic amines is 1. The molecule has 1 aliphatic rings. The van der Waals surface area contributed by atoms with Crippen LogP contribution in [0.5, 0.6) is 5.88 Å². The molecule has 2 aromatic heterocycles. The number of rotatable bonds is 7. The van der Waals surface area contributed by atoms with Gasteiger partial charge in [-0.05, 0) is 42.9 Å². The van der Waals surface area contributed by atoms with E-state index < -0.39 is 0 Å². The monoisotopic (exact) mass is 393 g/mol. The average Bonchev–Trinajstić information content (AvgIpc) is 3.11. The molecule has 1 atom stereocenters. The van der Waals surface area contributed by atoms with Gasteiger partial charge in [0.2, 0.25) is 5.88 Å². The van der Waals surface area contributed by atoms with Gasteiger partial charge in [-0.2, -0.15) is 0 Å². The number of H-pyrrole nitrogens is 1. The lowest BCUT2D eigenvalue weighted by Gasteiger charge is -2.17. The highest BCUT2D eigenvalue weighted by molar-refractivity contribution is 6.06. The van der Waals surface area contributed by atoms with Gasteiger partial charge in [0.25, 0.3) is 5.91 Å². The van der Waals surface area contributed by atoms with Crippen LogP contribution in [-0.4, -0.2) is 36.2 Å². The minimum Gasteiger partial charge on any atom is -0.475 e. The molecule has 152 valence electrons. The van der Waals surface area contributed by atoms with Crippen LogP contribution < -0.4 is 10.1 Å². The predicted molar refractivity (Wildman–Crippen MR) is 112 cm³/mol. The molecule has 0 fully saturated rings. The number of para-hydroxylation sites is 1. The van der Waals surface area contributed by atoms with E-state index in [1.54, 1.807) is 13.3 Å². The zero-order valence-electron chi connectivity index (χ0n) is 17.0. The number of hydrogen-bond donors (Lipinski definition) is 2. The van der Waals surface area contributed by atoms with Crippen molar-refractivity contribution in [3.63, 3.8) is 0 Å². The lowest BCUT2D eigenvalue weighted by atomic mass is 9.87. The number of nitrogens with one attached hydrogen (secondary N) is 2. The van der Waals surface area contributed by atoms with Crippen LogP contribution in [0.2, 0.25) is 0 Å². The van der Waals surface area contributed by atoms with Crippen molar-refractivity contribution in [3.8, 4) is 5.88 Å². The molecule has 0 spiro atoms. The van der Waals surface area contributed by atoms with Gasteiger partial charge in [0.1, 0.15) is 6.61 Å². The molecule has 0 saturated heterocycles. The van der Waals surface area contributed by atoms with E-state index >= 15 is 0 Å². The Morgan fingerprint density at radius 1 is 1.28 bits per heavy atom. The number of amides is 1. The Morgan fingerprint density at radius 2 is 2.17 bits per heavy atom. The Kier molecular flexibility index (Phi) is 5.81. The quantitative estimate of drug-likeness (QED) is 0.601. The predicted octanol–water partition coefficient (Wildman–Crippen LogP) is 3.64. The van der Waals surface area contributed by atoms with Gasteiger partial charge >= 0.3 is 0 Å². The number of carbonyl (C=O) groups is 1. The van der Waals surface area contributed by atoms with Crippen LogP contribution in [0, 0.1) is 5.92 Å². The van der Waals surface area contributed by atoms with Gasteiger partial charge in [0.15, 0.2) is 0 Å². The smallest absolute Gasteiger partial charge is 0.253 e. The molecule has 29 heavy (non-hydrogen) atoms. The summed E-state index contributed by atoms with van der Waals surface area (Å²) in [7, 11) is 1.63. The van der Waals surface area contributed by atoms with E-state index in [9.17, 15) is 4.79 Å². The molecule has 3 aromatic rings. The molecule has 1 aromatic carbocycles. The third kappa shape index (κ3) is 4.12. The number of fused-ring (bicyclic) bond motifs is 3. The molecule has 4 rings (SSSR count). The number of aromatic nitrogens is 2. The van der Waals surface area contributed by atoms with Crippen molar-refractivity contribution in [2.45, 2.75) is 32.7 Å². The Hall–Kier alpha value is -2.86. The molecule has 6 heteroatoms. The molecular formula is C23H27N3O3. The Morgan fingerprint density at radius 3 is 3.03 bits per heavy atom. The number of aryl methyl sites for hydroxylation is 1. The molecule has 2 N–H and O–H groups in total. The number of pyridine rings is 1. The van der Waals surface area contributed by atoms with Crippen molar-refractivity contribution in [2.24, 2.45) is 5.92 Å². The van der Waals surface area contributed by atoms with Crippen LogP contribution in [0.15, 0.2) is 36.5 Å². The van der Waals surface area contributed by atoms with Gasteiger partial charge in [0.05, 0.1) is 17.7 Å². The number of methoxy groups -OCH3 is 1. The highest BCUT2D eigenvalue weighted by Gasteiger charge is 2.22. The van der Waals surface area contributed by atoms with Gasteiger partial charge in [-0.25, -0.2) is 4.98 Å². The number of ether oxygens (including phenoxy) is 2. The largest absolute Gasteiger partial charge is 0.475 e. The molecule has 1 unspecified atom stereocenters. The van der Waals surface area contributed by atoms with Gasteiger partial charge < -0.3 is 19.8 Å². The standard InChI is InChI=1S/C23H27N3O3/c1-15-8-9-20-19(13-15)17-6-3-7-18(21(17)26-20)22(27)25-14-16-5-4-10-24-23(16)29-12-11-28-2/h3-7,10,15,26H,8-9,11-14H2,1-2H3,(H,25,27). The first kappa shape index (κ1) is 19.5. The maximum absolute atomic E-state index is 13.0. The van der Waals surface area contributed by atoms with Crippen LogP contribution in [0.25, 0.3) is 10.9 Å². The maximum atomic E-state index is 13.0. The summed E-state index contributed by atoms with van der Waals surface area (Å²) in [6.45, 7) is 3.54. The van der Waals surface area contributed by atoms with E-state index in [-0.39, 0.29) is 5.91 Å². The number of nitrogens with zero attached hydrogens (tertiary/aromatic N) is 1. The molecular weight excluding hydrogens is 366 g/mol. The van der Waals surface area contributed by atoms with Crippen molar-refractivity contribution in [3.05, 3.63) is 58.9 Å². The first-order valence-corrected chi connectivity index (χ1v) is 10.1. The van der Waals surface area contributed by atoms with Crippen LogP contribution in [-0.2, 0) is 24.1 Å². The molecule has 0 bridgehead atoms. The lowest BCUT2D eigenvalue weighted by Crippen LogP contribution is -2.23.